The standard InChI is InChI=1S/C26H35N5O4/c1-5-29-10-12-30(13-11-29)26(34)18-6-8-19(9-7-18)31(24(27)16-35-4)25(28)21-14-20(17(2)3)22(32)15-23(21)33/h6-9,14-15,17,27-28,32-33H,5,10-13,16H2,1-4H3. The van der Waals surface area contributed by atoms with Crippen molar-refractivity contribution in [2.24, 2.45) is 0 Å². The van der Waals surface area contributed by atoms with Gasteiger partial charge in [0.05, 0.1) is 5.56 Å². The molecular weight excluding hydrogens is 446 g/mol. The minimum absolute atomic E-state index is 0.00849. The van der Waals surface area contributed by atoms with Crippen molar-refractivity contribution in [2.75, 3.05) is 51.3 Å². The van der Waals surface area contributed by atoms with Gasteiger partial charge in [-0.25, -0.2) is 0 Å². The minimum Gasteiger partial charge on any atom is -0.508 e. The van der Waals surface area contributed by atoms with Gasteiger partial charge in [-0.05, 0) is 48.4 Å². The Kier molecular flexibility index (Phi) is 8.48. The molecule has 2 aromatic carbocycles. The number of nitrogens with zero attached hydrogens (tertiary/aromatic N) is 3. The van der Waals surface area contributed by atoms with Crippen LogP contribution in [0.1, 0.15) is 48.2 Å². The van der Waals surface area contributed by atoms with Crippen LogP contribution in [0, 0.1) is 10.8 Å². The number of carbonyl (C=O) groups is 1. The fourth-order valence-corrected chi connectivity index (χ4v) is 4.19. The zero-order valence-electron chi connectivity index (χ0n) is 20.8. The molecule has 0 atom stereocenters. The number of phenols is 2. The van der Waals surface area contributed by atoms with Crippen molar-refractivity contribution in [3.63, 3.8) is 0 Å². The Balaban J connectivity index is 1.90. The van der Waals surface area contributed by atoms with Gasteiger partial charge in [0, 0.05) is 50.6 Å². The van der Waals surface area contributed by atoms with E-state index in [0.29, 0.717) is 29.9 Å². The average Bonchev–Trinajstić information content (AvgIpc) is 2.84. The predicted molar refractivity (Wildman–Crippen MR) is 137 cm³/mol. The second-order valence-electron chi connectivity index (χ2n) is 8.92. The summed E-state index contributed by atoms with van der Waals surface area (Å²) in [7, 11) is 1.46. The molecule has 1 fully saturated rings. The quantitative estimate of drug-likeness (QED) is 0.355. The summed E-state index contributed by atoms with van der Waals surface area (Å²) in [6.07, 6.45) is 0. The van der Waals surface area contributed by atoms with E-state index in [-0.39, 0.29) is 47.2 Å². The normalized spacial score (nSPS) is 14.3. The molecule has 1 saturated heterocycles. The molecule has 35 heavy (non-hydrogen) atoms. The van der Waals surface area contributed by atoms with Gasteiger partial charge in [-0.3, -0.25) is 20.5 Å². The minimum atomic E-state index is -0.259. The lowest BCUT2D eigenvalue weighted by Gasteiger charge is -2.34. The highest BCUT2D eigenvalue weighted by Crippen LogP contribution is 2.33. The molecule has 2 aromatic rings. The molecule has 0 radical (unpaired) electrons. The number of ether oxygens (including phenoxy) is 1. The van der Waals surface area contributed by atoms with E-state index in [2.05, 4.69) is 11.8 Å². The number of phenolic OH excluding ortho intramolecular Hbond substituents is 2. The van der Waals surface area contributed by atoms with E-state index >= 15 is 0 Å². The molecule has 4 N–H and O–H groups in total. The molecule has 0 unspecified atom stereocenters. The Bertz CT molecular complexity index is 1080. The maximum atomic E-state index is 13.0. The second-order valence-corrected chi connectivity index (χ2v) is 8.92. The third kappa shape index (κ3) is 5.80. The number of aromatic hydroxyl groups is 2. The van der Waals surface area contributed by atoms with Crippen LogP contribution in [0.5, 0.6) is 11.5 Å². The smallest absolute Gasteiger partial charge is 0.253 e. The summed E-state index contributed by atoms with van der Waals surface area (Å²) in [4.78, 5) is 18.5. The molecule has 9 nitrogen and oxygen atoms in total. The molecular formula is C26H35N5O4. The number of rotatable bonds is 7. The van der Waals surface area contributed by atoms with E-state index in [1.165, 1.54) is 18.1 Å². The number of anilines is 1. The number of nitrogens with one attached hydrogen (secondary N) is 2. The van der Waals surface area contributed by atoms with Gasteiger partial charge < -0.3 is 24.7 Å². The molecule has 1 aliphatic rings. The predicted octanol–water partition coefficient (Wildman–Crippen LogP) is 3.45. The number of hydrogen-bond acceptors (Lipinski definition) is 7. The number of amidine groups is 2. The Morgan fingerprint density at radius 2 is 1.69 bits per heavy atom. The van der Waals surface area contributed by atoms with E-state index < -0.39 is 0 Å². The largest absolute Gasteiger partial charge is 0.508 e. The van der Waals surface area contributed by atoms with Crippen LogP contribution in [0.25, 0.3) is 0 Å². The van der Waals surface area contributed by atoms with Crippen LogP contribution in [0.2, 0.25) is 0 Å². The third-order valence-corrected chi connectivity index (χ3v) is 6.28. The Labute approximate surface area is 206 Å². The molecule has 3 rings (SSSR count). The zero-order chi connectivity index (χ0) is 25.7. The monoisotopic (exact) mass is 481 g/mol. The van der Waals surface area contributed by atoms with Gasteiger partial charge in [0.1, 0.15) is 29.8 Å². The number of benzene rings is 2. The van der Waals surface area contributed by atoms with Gasteiger partial charge in [0.15, 0.2) is 0 Å². The van der Waals surface area contributed by atoms with Crippen molar-refractivity contribution in [1.29, 1.82) is 10.8 Å². The Morgan fingerprint density at radius 1 is 1.06 bits per heavy atom. The number of methoxy groups -OCH3 is 1. The number of piperazine rings is 1. The molecule has 1 aliphatic heterocycles. The molecule has 0 aliphatic carbocycles. The summed E-state index contributed by atoms with van der Waals surface area (Å²) in [5, 5.41) is 38.0. The lowest BCUT2D eigenvalue weighted by Crippen LogP contribution is -2.48. The van der Waals surface area contributed by atoms with Crippen molar-refractivity contribution in [2.45, 2.75) is 26.7 Å². The fourth-order valence-electron chi connectivity index (χ4n) is 4.19. The summed E-state index contributed by atoms with van der Waals surface area (Å²) in [5.41, 5.74) is 1.80. The van der Waals surface area contributed by atoms with E-state index in [4.69, 9.17) is 15.6 Å². The van der Waals surface area contributed by atoms with Crippen molar-refractivity contribution in [3.05, 3.63) is 53.1 Å². The van der Waals surface area contributed by atoms with Gasteiger partial charge in [0.25, 0.3) is 5.91 Å². The lowest BCUT2D eigenvalue weighted by atomic mass is 9.98. The summed E-state index contributed by atoms with van der Waals surface area (Å²) < 4.78 is 5.13. The van der Waals surface area contributed by atoms with Crippen molar-refractivity contribution < 1.29 is 19.7 Å². The van der Waals surface area contributed by atoms with Crippen molar-refractivity contribution in [3.8, 4) is 11.5 Å². The summed E-state index contributed by atoms with van der Waals surface area (Å²) >= 11 is 0. The molecule has 0 bridgehead atoms. The molecule has 1 amide bonds. The van der Waals surface area contributed by atoms with Crippen LogP contribution in [-0.2, 0) is 4.74 Å². The Morgan fingerprint density at radius 3 is 2.23 bits per heavy atom. The lowest BCUT2D eigenvalue weighted by molar-refractivity contribution is 0.0643. The third-order valence-electron chi connectivity index (χ3n) is 6.28. The summed E-state index contributed by atoms with van der Waals surface area (Å²) in [5.74, 6) is -0.524. The van der Waals surface area contributed by atoms with Gasteiger partial charge in [-0.1, -0.05) is 20.8 Å². The summed E-state index contributed by atoms with van der Waals surface area (Å²) in [6, 6.07) is 9.56. The number of hydrogen-bond donors (Lipinski definition) is 4. The van der Waals surface area contributed by atoms with Gasteiger partial charge >= 0.3 is 0 Å². The van der Waals surface area contributed by atoms with Crippen LogP contribution < -0.4 is 4.90 Å². The van der Waals surface area contributed by atoms with Crippen molar-refractivity contribution >= 4 is 23.3 Å². The maximum Gasteiger partial charge on any atom is 0.253 e. The number of carbonyl (C=O) groups excluding carboxylic acids is 1. The zero-order valence-corrected chi connectivity index (χ0v) is 20.8. The molecule has 9 heteroatoms. The highest BCUT2D eigenvalue weighted by Gasteiger charge is 2.25. The van der Waals surface area contributed by atoms with Crippen LogP contribution in [0.4, 0.5) is 5.69 Å². The van der Waals surface area contributed by atoms with Crippen LogP contribution >= 0.6 is 0 Å². The second kappa shape index (κ2) is 11.3. The van der Waals surface area contributed by atoms with E-state index in [1.54, 1.807) is 30.3 Å². The van der Waals surface area contributed by atoms with Gasteiger partial charge in [-0.15, -0.1) is 0 Å². The topological polar surface area (TPSA) is 124 Å². The maximum absolute atomic E-state index is 13.0. The molecule has 0 aromatic heterocycles. The SMILES string of the molecule is CCN1CCN(C(=O)c2ccc(N(C(=N)COC)C(=N)c3cc(C(C)C)c(O)cc3O)cc2)CC1. The van der Waals surface area contributed by atoms with Crippen LogP contribution in [0.15, 0.2) is 36.4 Å². The first-order chi connectivity index (χ1) is 16.7. The first kappa shape index (κ1) is 26.2. The Hall–Kier alpha value is -3.43. The van der Waals surface area contributed by atoms with Crippen molar-refractivity contribution in [1.82, 2.24) is 9.80 Å². The van der Waals surface area contributed by atoms with E-state index in [1.807, 2.05) is 18.7 Å². The molecule has 1 heterocycles. The molecule has 188 valence electrons. The first-order valence-corrected chi connectivity index (χ1v) is 11.8. The van der Waals surface area contributed by atoms with Crippen LogP contribution in [-0.4, -0.2) is 84.0 Å². The number of amides is 1. The summed E-state index contributed by atoms with van der Waals surface area (Å²) in [6.45, 7) is 9.92. The number of likely N-dealkylation sites (N-methyl/N-ethyl adjacent to an activating group) is 1. The highest BCUT2D eigenvalue weighted by molar-refractivity contribution is 6.24. The average molecular weight is 482 g/mol. The fraction of sp³-hybridized carbons (Fsp3) is 0.423. The van der Waals surface area contributed by atoms with E-state index in [9.17, 15) is 15.0 Å². The molecule has 0 spiro atoms. The first-order valence-electron chi connectivity index (χ1n) is 11.8. The van der Waals surface area contributed by atoms with E-state index in [0.717, 1.165) is 19.6 Å². The molecule has 0 saturated carbocycles. The highest BCUT2D eigenvalue weighted by atomic mass is 16.5. The van der Waals surface area contributed by atoms with Gasteiger partial charge in [0.2, 0.25) is 0 Å². The van der Waals surface area contributed by atoms with Crippen LogP contribution in [0.3, 0.4) is 0 Å². The van der Waals surface area contributed by atoms with Gasteiger partial charge in [-0.2, -0.15) is 0 Å².